The molecule has 7 N–H and O–H groups in total. The number of esters is 1. The number of carbonyl (C=O) groups excluding carboxylic acids is 4. The highest BCUT2D eigenvalue weighted by molar-refractivity contribution is 6.06. The second-order valence-corrected chi connectivity index (χ2v) is 5.88. The quantitative estimate of drug-likeness (QED) is 0.219. The van der Waals surface area contributed by atoms with Crippen LogP contribution in [0.4, 0.5) is 4.79 Å². The molecule has 0 radical (unpaired) electrons. The highest BCUT2D eigenvalue weighted by atomic mass is 16.7. The topological polar surface area (TPSA) is 177 Å². The third-order valence-electron chi connectivity index (χ3n) is 3.41. The summed E-state index contributed by atoms with van der Waals surface area (Å²) in [7, 11) is 0. The van der Waals surface area contributed by atoms with Crippen LogP contribution in [0, 0.1) is 5.92 Å². The summed E-state index contributed by atoms with van der Waals surface area (Å²) in [5.74, 6) is -5.25. The number of rotatable bonds is 11. The Balaban J connectivity index is 5.98. The molecule has 144 valence electrons. The molecule has 0 aromatic heterocycles. The first-order chi connectivity index (χ1) is 11.5. The van der Waals surface area contributed by atoms with Crippen LogP contribution in [0.1, 0.15) is 47.0 Å². The van der Waals surface area contributed by atoms with E-state index in [2.05, 4.69) is 5.32 Å². The van der Waals surface area contributed by atoms with E-state index in [-0.39, 0.29) is 12.5 Å². The minimum absolute atomic E-state index is 0.135. The van der Waals surface area contributed by atoms with Crippen molar-refractivity contribution in [2.75, 3.05) is 0 Å². The number of nitrogens with one attached hydrogen (secondary N) is 1. The standard InChI is InChI=1S/C15H28N4O6/c1-5-7-15(19-14(18)23,10(11(16)20)12(17)21)13(22)25-9(6-2)24-8(3)4/h8-10H,5-7H2,1-4H3,(H2,16,20)(H2,17,21)(H3,18,19,23). The number of amides is 4. The fourth-order valence-corrected chi connectivity index (χ4v) is 2.53. The molecule has 0 aliphatic heterocycles. The monoisotopic (exact) mass is 360 g/mol. The van der Waals surface area contributed by atoms with Crippen LogP contribution in [0.3, 0.4) is 0 Å². The van der Waals surface area contributed by atoms with E-state index in [4.69, 9.17) is 26.7 Å². The van der Waals surface area contributed by atoms with Gasteiger partial charge in [0.15, 0.2) is 5.54 Å². The molecule has 10 heteroatoms. The van der Waals surface area contributed by atoms with E-state index in [1.165, 1.54) is 0 Å². The van der Waals surface area contributed by atoms with Crippen molar-refractivity contribution < 1.29 is 28.7 Å². The third-order valence-corrected chi connectivity index (χ3v) is 3.41. The first-order valence-corrected chi connectivity index (χ1v) is 8.04. The van der Waals surface area contributed by atoms with Gasteiger partial charge in [-0.2, -0.15) is 0 Å². The molecule has 10 nitrogen and oxygen atoms in total. The average molecular weight is 360 g/mol. The van der Waals surface area contributed by atoms with Gasteiger partial charge in [-0.05, 0) is 20.3 Å². The summed E-state index contributed by atoms with van der Waals surface area (Å²) in [5, 5.41) is 2.15. The van der Waals surface area contributed by atoms with Crippen molar-refractivity contribution >= 4 is 23.8 Å². The third kappa shape index (κ3) is 6.22. The second-order valence-electron chi connectivity index (χ2n) is 5.88. The first kappa shape index (κ1) is 22.6. The van der Waals surface area contributed by atoms with Crippen LogP contribution in [-0.2, 0) is 23.9 Å². The van der Waals surface area contributed by atoms with Gasteiger partial charge in [0.2, 0.25) is 18.1 Å². The van der Waals surface area contributed by atoms with Gasteiger partial charge in [-0.1, -0.05) is 20.3 Å². The predicted molar refractivity (Wildman–Crippen MR) is 88.6 cm³/mol. The van der Waals surface area contributed by atoms with E-state index >= 15 is 0 Å². The summed E-state index contributed by atoms with van der Waals surface area (Å²) in [6.07, 6.45) is -0.719. The number of nitrogens with two attached hydrogens (primary N) is 3. The summed E-state index contributed by atoms with van der Waals surface area (Å²) in [4.78, 5) is 47.8. The lowest BCUT2D eigenvalue weighted by Gasteiger charge is -2.36. The highest BCUT2D eigenvalue weighted by Crippen LogP contribution is 2.27. The Morgan fingerprint density at radius 1 is 1.04 bits per heavy atom. The second kappa shape index (κ2) is 9.82. The predicted octanol–water partition coefficient (Wildman–Crippen LogP) is -0.515. The molecule has 0 rings (SSSR count). The fourth-order valence-electron chi connectivity index (χ4n) is 2.53. The van der Waals surface area contributed by atoms with Crippen molar-refractivity contribution in [2.45, 2.75) is 64.9 Å². The molecule has 0 fully saturated rings. The van der Waals surface area contributed by atoms with E-state index in [1.54, 1.807) is 27.7 Å². The molecule has 0 saturated carbocycles. The zero-order valence-electron chi connectivity index (χ0n) is 15.0. The largest absolute Gasteiger partial charge is 0.434 e. The summed E-state index contributed by atoms with van der Waals surface area (Å²) >= 11 is 0. The minimum Gasteiger partial charge on any atom is -0.434 e. The molecule has 4 amide bonds. The molecule has 0 aromatic carbocycles. The Morgan fingerprint density at radius 2 is 1.56 bits per heavy atom. The lowest BCUT2D eigenvalue weighted by atomic mass is 9.79. The van der Waals surface area contributed by atoms with Gasteiger partial charge in [0, 0.05) is 6.42 Å². The zero-order chi connectivity index (χ0) is 19.8. The van der Waals surface area contributed by atoms with Crippen molar-refractivity contribution in [2.24, 2.45) is 23.1 Å². The van der Waals surface area contributed by atoms with Crippen LogP contribution in [0.2, 0.25) is 0 Å². The van der Waals surface area contributed by atoms with Gasteiger partial charge < -0.3 is 32.0 Å². The van der Waals surface area contributed by atoms with E-state index in [0.717, 1.165) is 0 Å². The molecule has 0 heterocycles. The number of hydrogen-bond donors (Lipinski definition) is 4. The van der Waals surface area contributed by atoms with Gasteiger partial charge in [-0.25, -0.2) is 9.59 Å². The molecule has 0 bridgehead atoms. The molecule has 0 spiro atoms. The van der Waals surface area contributed by atoms with Gasteiger partial charge in [0.1, 0.15) is 5.92 Å². The van der Waals surface area contributed by atoms with Gasteiger partial charge in [-0.3, -0.25) is 9.59 Å². The molecule has 25 heavy (non-hydrogen) atoms. The van der Waals surface area contributed by atoms with Gasteiger partial charge in [0.25, 0.3) is 0 Å². The Hall–Kier alpha value is -2.36. The van der Waals surface area contributed by atoms with Crippen LogP contribution >= 0.6 is 0 Å². The Bertz CT molecular complexity index is 496. The number of primary amides is 3. The molecule has 0 aliphatic carbocycles. The molecule has 2 unspecified atom stereocenters. The number of urea groups is 1. The average Bonchev–Trinajstić information content (AvgIpc) is 2.44. The van der Waals surface area contributed by atoms with Crippen molar-refractivity contribution in [3.63, 3.8) is 0 Å². The summed E-state index contributed by atoms with van der Waals surface area (Å²) in [5.41, 5.74) is 13.5. The molecule has 0 saturated heterocycles. The highest BCUT2D eigenvalue weighted by Gasteiger charge is 2.53. The van der Waals surface area contributed by atoms with Crippen LogP contribution in [0.25, 0.3) is 0 Å². The summed E-state index contributed by atoms with van der Waals surface area (Å²) in [6, 6.07) is -1.13. The van der Waals surface area contributed by atoms with Crippen LogP contribution < -0.4 is 22.5 Å². The van der Waals surface area contributed by atoms with E-state index in [9.17, 15) is 19.2 Å². The van der Waals surface area contributed by atoms with Gasteiger partial charge in [0.05, 0.1) is 6.10 Å². The number of carbonyl (C=O) groups is 4. The Labute approximate surface area is 146 Å². The maximum Gasteiger partial charge on any atom is 0.335 e. The maximum absolute atomic E-state index is 12.8. The van der Waals surface area contributed by atoms with Crippen molar-refractivity contribution in [1.29, 1.82) is 0 Å². The summed E-state index contributed by atoms with van der Waals surface area (Å²) in [6.45, 7) is 6.87. The Morgan fingerprint density at radius 3 is 1.88 bits per heavy atom. The van der Waals surface area contributed by atoms with E-state index < -0.39 is 41.6 Å². The van der Waals surface area contributed by atoms with Gasteiger partial charge in [-0.15, -0.1) is 0 Å². The molecule has 0 aromatic rings. The van der Waals surface area contributed by atoms with E-state index in [1.807, 2.05) is 0 Å². The van der Waals surface area contributed by atoms with Crippen molar-refractivity contribution in [3.8, 4) is 0 Å². The smallest absolute Gasteiger partial charge is 0.335 e. The maximum atomic E-state index is 12.8. The van der Waals surface area contributed by atoms with Crippen molar-refractivity contribution in [3.05, 3.63) is 0 Å². The lowest BCUT2D eigenvalue weighted by Crippen LogP contribution is -2.67. The first-order valence-electron chi connectivity index (χ1n) is 8.04. The van der Waals surface area contributed by atoms with Gasteiger partial charge >= 0.3 is 12.0 Å². The van der Waals surface area contributed by atoms with Crippen molar-refractivity contribution in [1.82, 2.24) is 5.32 Å². The molecule has 2 atom stereocenters. The Kier molecular flexibility index (Phi) is 8.89. The SMILES string of the molecule is CCCC(NC(N)=O)(C(=O)OC(CC)OC(C)C)C(C(N)=O)C(N)=O. The van der Waals surface area contributed by atoms with Crippen LogP contribution in [0.15, 0.2) is 0 Å². The van der Waals surface area contributed by atoms with E-state index in [0.29, 0.717) is 12.8 Å². The number of hydrogen-bond acceptors (Lipinski definition) is 6. The minimum atomic E-state index is -2.11. The zero-order valence-corrected chi connectivity index (χ0v) is 15.0. The number of ether oxygens (including phenoxy) is 2. The fraction of sp³-hybridized carbons (Fsp3) is 0.733. The summed E-state index contributed by atoms with van der Waals surface area (Å²) < 4.78 is 10.7. The lowest BCUT2D eigenvalue weighted by molar-refractivity contribution is -0.197. The normalized spacial score (nSPS) is 14.6. The molecule has 0 aliphatic rings. The molecular formula is C15H28N4O6. The van der Waals surface area contributed by atoms with Crippen LogP contribution in [-0.4, -0.2) is 41.7 Å². The van der Waals surface area contributed by atoms with Crippen LogP contribution in [0.5, 0.6) is 0 Å². The molecular weight excluding hydrogens is 332 g/mol.